The lowest BCUT2D eigenvalue weighted by molar-refractivity contribution is 0.886. The Balaban J connectivity index is 2.42. The van der Waals surface area contributed by atoms with Gasteiger partial charge in [-0.25, -0.2) is 0 Å². The molecule has 0 saturated heterocycles. The summed E-state index contributed by atoms with van der Waals surface area (Å²) in [5.41, 5.74) is 1.45. The van der Waals surface area contributed by atoms with Crippen molar-refractivity contribution in [2.24, 2.45) is 0 Å². The third kappa shape index (κ3) is 3.97. The summed E-state index contributed by atoms with van der Waals surface area (Å²) in [7, 11) is -0.998. The van der Waals surface area contributed by atoms with Crippen LogP contribution in [0.15, 0.2) is 30.3 Å². The Kier molecular flexibility index (Phi) is 4.39. The molecular formula is C12H19BrSi. The zero-order valence-electron chi connectivity index (χ0n) is 9.26. The van der Waals surface area contributed by atoms with E-state index < -0.39 is 8.07 Å². The van der Waals surface area contributed by atoms with Crippen LogP contribution in [0.3, 0.4) is 0 Å². The van der Waals surface area contributed by atoms with Crippen molar-refractivity contribution in [3.05, 3.63) is 35.9 Å². The van der Waals surface area contributed by atoms with Crippen LogP contribution in [0, 0.1) is 0 Å². The fourth-order valence-corrected chi connectivity index (χ4v) is 2.61. The van der Waals surface area contributed by atoms with Crippen LogP contribution in [0.2, 0.25) is 19.6 Å². The van der Waals surface area contributed by atoms with E-state index in [1.165, 1.54) is 18.4 Å². The summed E-state index contributed by atoms with van der Waals surface area (Å²) in [6.45, 7) is 7.24. The minimum Gasteiger partial charge on any atom is -0.0925 e. The fraction of sp³-hybridized carbons (Fsp3) is 0.500. The van der Waals surface area contributed by atoms with E-state index in [1.807, 2.05) is 0 Å². The quantitative estimate of drug-likeness (QED) is 0.567. The summed E-state index contributed by atoms with van der Waals surface area (Å²) in [5, 5.41) is 0. The number of hydrogen-bond donors (Lipinski definition) is 0. The molecule has 0 amide bonds. The standard InChI is InChI=1S/C12H19BrSi/c1-14(2,3)12(13)10-9-11-7-5-4-6-8-11/h4-8,12H,9-10H2,1-3H3. The molecule has 1 aromatic carbocycles. The van der Waals surface area contributed by atoms with Crippen LogP contribution < -0.4 is 0 Å². The lowest BCUT2D eigenvalue weighted by Gasteiger charge is -2.23. The Morgan fingerprint density at radius 2 is 1.71 bits per heavy atom. The molecular weight excluding hydrogens is 252 g/mol. The van der Waals surface area contributed by atoms with Gasteiger partial charge in [0.05, 0.1) is 8.07 Å². The Morgan fingerprint density at radius 3 is 2.21 bits per heavy atom. The van der Waals surface area contributed by atoms with Gasteiger partial charge in [-0.05, 0) is 18.4 Å². The smallest absolute Gasteiger partial charge is 0.0595 e. The predicted octanol–water partition coefficient (Wildman–Crippen LogP) is 4.26. The molecule has 78 valence electrons. The highest BCUT2D eigenvalue weighted by Crippen LogP contribution is 2.21. The molecule has 14 heavy (non-hydrogen) atoms. The predicted molar refractivity (Wildman–Crippen MR) is 70.8 cm³/mol. The first kappa shape index (κ1) is 12.0. The van der Waals surface area contributed by atoms with Crippen LogP contribution >= 0.6 is 15.9 Å². The van der Waals surface area contributed by atoms with E-state index in [4.69, 9.17) is 0 Å². The molecule has 0 N–H and O–H groups in total. The van der Waals surface area contributed by atoms with Gasteiger partial charge in [0.25, 0.3) is 0 Å². The van der Waals surface area contributed by atoms with E-state index in [2.05, 4.69) is 65.9 Å². The molecule has 0 fully saturated rings. The number of alkyl halides is 1. The minimum absolute atomic E-state index is 0.732. The molecule has 0 aromatic heterocycles. The minimum atomic E-state index is -0.998. The van der Waals surface area contributed by atoms with Gasteiger partial charge in [0.2, 0.25) is 0 Å². The van der Waals surface area contributed by atoms with Gasteiger partial charge in [0.15, 0.2) is 0 Å². The van der Waals surface area contributed by atoms with Crippen LogP contribution in [-0.2, 0) is 6.42 Å². The maximum absolute atomic E-state index is 3.82. The van der Waals surface area contributed by atoms with Gasteiger partial charge in [-0.2, -0.15) is 0 Å². The molecule has 0 spiro atoms. The average molecular weight is 271 g/mol. The monoisotopic (exact) mass is 270 g/mol. The summed E-state index contributed by atoms with van der Waals surface area (Å²) in [6, 6.07) is 10.7. The van der Waals surface area contributed by atoms with E-state index >= 15 is 0 Å². The molecule has 2 heteroatoms. The van der Waals surface area contributed by atoms with Crippen molar-refractivity contribution in [1.82, 2.24) is 0 Å². The molecule has 0 aliphatic rings. The maximum Gasteiger partial charge on any atom is 0.0595 e. The first-order valence-corrected chi connectivity index (χ1v) is 9.67. The molecule has 0 radical (unpaired) electrons. The fourth-order valence-electron chi connectivity index (χ4n) is 1.37. The molecule has 0 aliphatic heterocycles. The van der Waals surface area contributed by atoms with Crippen molar-refractivity contribution in [2.75, 3.05) is 0 Å². The molecule has 0 heterocycles. The second kappa shape index (κ2) is 5.13. The first-order valence-electron chi connectivity index (χ1n) is 5.18. The van der Waals surface area contributed by atoms with Crippen molar-refractivity contribution in [3.8, 4) is 0 Å². The third-order valence-corrected chi connectivity index (χ3v) is 9.22. The van der Waals surface area contributed by atoms with Crippen molar-refractivity contribution < 1.29 is 0 Å². The second-order valence-corrected chi connectivity index (χ2v) is 12.2. The summed E-state index contributed by atoms with van der Waals surface area (Å²) >= 11 is 3.82. The van der Waals surface area contributed by atoms with E-state index in [-0.39, 0.29) is 0 Å². The number of halogens is 1. The van der Waals surface area contributed by atoms with Gasteiger partial charge in [-0.3, -0.25) is 0 Å². The molecule has 0 saturated carbocycles. The van der Waals surface area contributed by atoms with Crippen molar-refractivity contribution in [1.29, 1.82) is 0 Å². The molecule has 1 atom stereocenters. The summed E-state index contributed by atoms with van der Waals surface area (Å²) in [4.78, 5) is 0. The van der Waals surface area contributed by atoms with E-state index in [9.17, 15) is 0 Å². The molecule has 0 bridgehead atoms. The van der Waals surface area contributed by atoms with Crippen molar-refractivity contribution >= 4 is 24.0 Å². The zero-order valence-corrected chi connectivity index (χ0v) is 11.8. The van der Waals surface area contributed by atoms with Crippen LogP contribution in [0.1, 0.15) is 12.0 Å². The molecule has 1 unspecified atom stereocenters. The highest BCUT2D eigenvalue weighted by Gasteiger charge is 2.23. The molecule has 1 aromatic rings. The van der Waals surface area contributed by atoms with E-state index in [1.54, 1.807) is 0 Å². The Hall–Kier alpha value is -0.0831. The zero-order chi connectivity index (χ0) is 10.6. The highest BCUT2D eigenvalue weighted by atomic mass is 79.9. The number of benzene rings is 1. The van der Waals surface area contributed by atoms with Gasteiger partial charge < -0.3 is 0 Å². The van der Waals surface area contributed by atoms with Crippen LogP contribution in [0.4, 0.5) is 0 Å². The SMILES string of the molecule is C[Si](C)(C)C(Br)CCc1ccccc1. The molecule has 0 nitrogen and oxygen atoms in total. The van der Waals surface area contributed by atoms with Gasteiger partial charge in [-0.15, -0.1) is 0 Å². The second-order valence-electron chi connectivity index (χ2n) is 4.86. The topological polar surface area (TPSA) is 0 Å². The van der Waals surface area contributed by atoms with E-state index in [0.29, 0.717) is 0 Å². The first-order chi connectivity index (χ1) is 6.50. The number of aryl methyl sites for hydroxylation is 1. The molecule has 0 aliphatic carbocycles. The normalized spacial score (nSPS) is 14.0. The highest BCUT2D eigenvalue weighted by molar-refractivity contribution is 9.10. The largest absolute Gasteiger partial charge is 0.0925 e. The Labute approximate surface area is 96.9 Å². The average Bonchev–Trinajstić information content (AvgIpc) is 2.14. The van der Waals surface area contributed by atoms with Crippen LogP contribution in [0.5, 0.6) is 0 Å². The summed E-state index contributed by atoms with van der Waals surface area (Å²) in [5.74, 6) is 0. The summed E-state index contributed by atoms with van der Waals surface area (Å²) in [6.07, 6.45) is 2.46. The third-order valence-electron chi connectivity index (χ3n) is 2.47. The van der Waals surface area contributed by atoms with Gasteiger partial charge in [-0.1, -0.05) is 65.9 Å². The lowest BCUT2D eigenvalue weighted by atomic mass is 10.1. The van der Waals surface area contributed by atoms with Crippen LogP contribution in [-0.4, -0.2) is 12.5 Å². The summed E-state index contributed by atoms with van der Waals surface area (Å²) < 4.78 is 0.732. The van der Waals surface area contributed by atoms with Crippen LogP contribution in [0.25, 0.3) is 0 Å². The van der Waals surface area contributed by atoms with Gasteiger partial charge >= 0.3 is 0 Å². The maximum atomic E-state index is 3.82. The Bertz CT molecular complexity index is 263. The van der Waals surface area contributed by atoms with Gasteiger partial charge in [0.1, 0.15) is 0 Å². The Morgan fingerprint density at radius 1 is 1.14 bits per heavy atom. The molecule has 1 rings (SSSR count). The number of hydrogen-bond acceptors (Lipinski definition) is 0. The number of rotatable bonds is 4. The van der Waals surface area contributed by atoms with Crippen molar-refractivity contribution in [2.45, 2.75) is 36.9 Å². The van der Waals surface area contributed by atoms with E-state index in [0.717, 1.165) is 4.45 Å². The lowest BCUT2D eigenvalue weighted by Crippen LogP contribution is -2.33. The van der Waals surface area contributed by atoms with Crippen molar-refractivity contribution in [3.63, 3.8) is 0 Å². The van der Waals surface area contributed by atoms with Gasteiger partial charge in [0, 0.05) is 4.45 Å².